The first-order valence-electron chi connectivity index (χ1n) is 4.70. The summed E-state index contributed by atoms with van der Waals surface area (Å²) in [6.07, 6.45) is 1.13. The zero-order valence-corrected chi connectivity index (χ0v) is 8.67. The van der Waals surface area contributed by atoms with Gasteiger partial charge in [0, 0.05) is 6.16 Å². The van der Waals surface area contributed by atoms with Crippen molar-refractivity contribution in [2.24, 2.45) is 0 Å². The number of nitrogens with one attached hydrogen (secondary N) is 2. The third-order valence-corrected chi connectivity index (χ3v) is 3.42. The zero-order valence-electron chi connectivity index (χ0n) is 7.67. The van der Waals surface area contributed by atoms with Gasteiger partial charge in [-0.1, -0.05) is 30.3 Å². The van der Waals surface area contributed by atoms with E-state index in [1.54, 1.807) is 0 Å². The summed E-state index contributed by atoms with van der Waals surface area (Å²) in [5, 5.41) is 5.90. The number of benzene rings is 2. The monoisotopic (exact) mass is 202 g/mol. The Morgan fingerprint density at radius 2 is 2.00 bits per heavy atom. The van der Waals surface area contributed by atoms with Crippen LogP contribution in [0.3, 0.4) is 0 Å². The fourth-order valence-corrected chi connectivity index (χ4v) is 2.76. The van der Waals surface area contributed by atoms with E-state index in [9.17, 15) is 0 Å². The van der Waals surface area contributed by atoms with Crippen molar-refractivity contribution in [3.8, 4) is 0 Å². The van der Waals surface area contributed by atoms with Crippen molar-refractivity contribution in [3.63, 3.8) is 0 Å². The molecular formula is C11H11N2P. The van der Waals surface area contributed by atoms with Crippen molar-refractivity contribution >= 4 is 25.2 Å². The molecule has 0 spiro atoms. The van der Waals surface area contributed by atoms with Gasteiger partial charge >= 0.3 is 0 Å². The highest BCUT2D eigenvalue weighted by Gasteiger charge is 2.10. The number of hydrazine groups is 1. The lowest BCUT2D eigenvalue weighted by atomic mass is 10.0. The van der Waals surface area contributed by atoms with Crippen molar-refractivity contribution in [3.05, 3.63) is 42.0 Å². The standard InChI is InChI=1S/C11H11N2P/c1-2-4-9-8(3-1)5-6-11-10(9)7-14-13-12-11/h1-6,12-14H,7H2. The highest BCUT2D eigenvalue weighted by molar-refractivity contribution is 7.34. The van der Waals surface area contributed by atoms with Gasteiger partial charge in [-0.05, 0) is 31.1 Å². The summed E-state index contributed by atoms with van der Waals surface area (Å²) < 4.78 is 0. The number of fused-ring (bicyclic) bond motifs is 3. The molecule has 1 aliphatic rings. The second-order valence-electron chi connectivity index (χ2n) is 3.42. The molecule has 0 saturated carbocycles. The molecule has 1 heterocycles. The molecule has 1 atom stereocenters. The van der Waals surface area contributed by atoms with Crippen LogP contribution in [0.2, 0.25) is 0 Å². The number of hydrogen-bond acceptors (Lipinski definition) is 2. The van der Waals surface area contributed by atoms with Gasteiger partial charge in [-0.25, -0.2) is 5.20 Å². The second kappa shape index (κ2) is 3.23. The second-order valence-corrected chi connectivity index (χ2v) is 4.37. The summed E-state index contributed by atoms with van der Waals surface area (Å²) in [5.41, 5.74) is 5.89. The summed E-state index contributed by atoms with van der Waals surface area (Å²) in [6.45, 7) is 0. The fourth-order valence-electron chi connectivity index (χ4n) is 1.89. The number of anilines is 1. The predicted molar refractivity (Wildman–Crippen MR) is 62.7 cm³/mol. The van der Waals surface area contributed by atoms with Gasteiger partial charge < -0.3 is 5.43 Å². The summed E-state index contributed by atoms with van der Waals surface area (Å²) >= 11 is 0. The number of rotatable bonds is 0. The van der Waals surface area contributed by atoms with Crippen molar-refractivity contribution in [1.82, 2.24) is 5.20 Å². The molecule has 0 bridgehead atoms. The maximum absolute atomic E-state index is 3.22. The molecule has 14 heavy (non-hydrogen) atoms. The molecule has 3 heteroatoms. The van der Waals surface area contributed by atoms with E-state index < -0.39 is 0 Å². The minimum absolute atomic E-state index is 0.771. The molecule has 1 unspecified atom stereocenters. The average molecular weight is 202 g/mol. The molecule has 2 aromatic rings. The molecule has 2 nitrogen and oxygen atoms in total. The van der Waals surface area contributed by atoms with E-state index in [1.165, 1.54) is 22.0 Å². The Bertz CT molecular complexity index is 482. The van der Waals surface area contributed by atoms with Crippen LogP contribution in [0.5, 0.6) is 0 Å². The summed E-state index contributed by atoms with van der Waals surface area (Å²) in [6, 6.07) is 12.9. The maximum atomic E-state index is 3.22. The van der Waals surface area contributed by atoms with Gasteiger partial charge in [0.05, 0.1) is 5.69 Å². The summed E-state index contributed by atoms with van der Waals surface area (Å²) in [4.78, 5) is 0. The lowest BCUT2D eigenvalue weighted by Crippen LogP contribution is -2.17. The first-order valence-corrected chi connectivity index (χ1v) is 5.90. The third kappa shape index (κ3) is 1.19. The van der Waals surface area contributed by atoms with Gasteiger partial charge in [-0.15, -0.1) is 0 Å². The van der Waals surface area contributed by atoms with Gasteiger partial charge in [0.25, 0.3) is 0 Å². The molecule has 1 aliphatic heterocycles. The van der Waals surface area contributed by atoms with Crippen LogP contribution in [0.25, 0.3) is 10.8 Å². The average Bonchev–Trinajstić information content (AvgIpc) is 2.29. The van der Waals surface area contributed by atoms with Crippen LogP contribution in [0, 0.1) is 0 Å². The first-order chi connectivity index (χ1) is 6.95. The van der Waals surface area contributed by atoms with E-state index in [2.05, 4.69) is 47.0 Å². The SMILES string of the molecule is c1ccc2c3c(ccc2c1)NNPC3. The van der Waals surface area contributed by atoms with E-state index in [1.807, 2.05) is 0 Å². The van der Waals surface area contributed by atoms with E-state index in [-0.39, 0.29) is 0 Å². The molecular weight excluding hydrogens is 191 g/mol. The molecule has 70 valence electrons. The molecule has 0 amide bonds. The highest BCUT2D eigenvalue weighted by atomic mass is 31.1. The van der Waals surface area contributed by atoms with Crippen LogP contribution in [-0.2, 0) is 6.16 Å². The van der Waals surface area contributed by atoms with Crippen LogP contribution in [0.4, 0.5) is 5.69 Å². The molecule has 0 fully saturated rings. The topological polar surface area (TPSA) is 24.1 Å². The Balaban J connectivity index is 2.34. The van der Waals surface area contributed by atoms with Gasteiger partial charge in [-0.2, -0.15) is 0 Å². The minimum atomic E-state index is 0.771. The van der Waals surface area contributed by atoms with Crippen molar-refractivity contribution in [2.45, 2.75) is 6.16 Å². The first kappa shape index (κ1) is 8.22. The molecule has 2 N–H and O–H groups in total. The van der Waals surface area contributed by atoms with Gasteiger partial charge in [-0.3, -0.25) is 0 Å². The molecule has 0 aliphatic carbocycles. The van der Waals surface area contributed by atoms with Gasteiger partial charge in [0.1, 0.15) is 0 Å². The van der Waals surface area contributed by atoms with E-state index in [0.717, 1.165) is 14.9 Å². The lowest BCUT2D eigenvalue weighted by molar-refractivity contribution is 1.14. The quantitative estimate of drug-likeness (QED) is 0.642. The van der Waals surface area contributed by atoms with E-state index in [4.69, 9.17) is 0 Å². The van der Waals surface area contributed by atoms with Crippen LogP contribution in [-0.4, -0.2) is 0 Å². The molecule has 3 rings (SSSR count). The van der Waals surface area contributed by atoms with Crippen LogP contribution in [0.1, 0.15) is 5.56 Å². The van der Waals surface area contributed by atoms with E-state index >= 15 is 0 Å². The Hall–Kier alpha value is -1.11. The Labute approximate surface area is 84.5 Å². The highest BCUT2D eigenvalue weighted by Crippen LogP contribution is 2.33. The molecule has 0 radical (unpaired) electrons. The Morgan fingerprint density at radius 3 is 3.00 bits per heavy atom. The molecule has 0 aromatic heterocycles. The Kier molecular flexibility index (Phi) is 1.90. The molecule has 0 saturated heterocycles. The minimum Gasteiger partial charge on any atom is -0.318 e. The van der Waals surface area contributed by atoms with Crippen molar-refractivity contribution in [2.75, 3.05) is 5.43 Å². The van der Waals surface area contributed by atoms with Crippen LogP contribution < -0.4 is 10.6 Å². The maximum Gasteiger partial charge on any atom is 0.0533 e. The number of hydrogen-bond donors (Lipinski definition) is 2. The zero-order chi connectivity index (χ0) is 9.38. The smallest absolute Gasteiger partial charge is 0.0533 e. The van der Waals surface area contributed by atoms with Crippen molar-refractivity contribution < 1.29 is 0 Å². The van der Waals surface area contributed by atoms with Crippen LogP contribution >= 0.6 is 8.73 Å². The fraction of sp³-hybridized carbons (Fsp3) is 0.0909. The summed E-state index contributed by atoms with van der Waals surface area (Å²) in [7, 11) is 0.771. The molecule has 2 aromatic carbocycles. The van der Waals surface area contributed by atoms with Gasteiger partial charge in [0.15, 0.2) is 0 Å². The lowest BCUT2D eigenvalue weighted by Gasteiger charge is -2.20. The van der Waals surface area contributed by atoms with Crippen LogP contribution in [0.15, 0.2) is 36.4 Å². The van der Waals surface area contributed by atoms with Crippen molar-refractivity contribution in [1.29, 1.82) is 0 Å². The van der Waals surface area contributed by atoms with Gasteiger partial charge in [0.2, 0.25) is 0 Å². The third-order valence-electron chi connectivity index (χ3n) is 2.59. The largest absolute Gasteiger partial charge is 0.318 e. The normalized spacial score (nSPS) is 16.6. The summed E-state index contributed by atoms with van der Waals surface area (Å²) in [5.74, 6) is 0. The Morgan fingerprint density at radius 1 is 1.07 bits per heavy atom. The van der Waals surface area contributed by atoms with E-state index in [0.29, 0.717) is 0 Å². The predicted octanol–water partition coefficient (Wildman–Crippen LogP) is 2.86.